The zero-order valence-corrected chi connectivity index (χ0v) is 9.89. The zero-order chi connectivity index (χ0) is 13.1. The third-order valence-corrected chi connectivity index (χ3v) is 2.87. The quantitative estimate of drug-likeness (QED) is 0.878. The van der Waals surface area contributed by atoms with Crippen LogP contribution in [-0.4, -0.2) is 5.11 Å². The summed E-state index contributed by atoms with van der Waals surface area (Å²) in [6.45, 7) is 1.82. The molecule has 0 aliphatic heterocycles. The number of aliphatic hydroxyl groups excluding tert-OH is 1. The van der Waals surface area contributed by atoms with E-state index < -0.39 is 6.10 Å². The Labute approximate surface area is 105 Å². The lowest BCUT2D eigenvalue weighted by Gasteiger charge is -2.12. The highest BCUT2D eigenvalue weighted by atomic mass is 19.1. The summed E-state index contributed by atoms with van der Waals surface area (Å²) in [6, 6.07) is 13.0. The molecule has 0 heterocycles. The number of benzene rings is 2. The number of hydrogen-bond acceptors (Lipinski definition) is 2. The van der Waals surface area contributed by atoms with Crippen molar-refractivity contribution < 1.29 is 9.50 Å². The number of hydrogen-bond donors (Lipinski definition) is 1. The predicted octanol–water partition coefficient (Wildman–Crippen LogP) is 3.09. The number of rotatable bonds is 2. The fourth-order valence-electron chi connectivity index (χ4n) is 1.82. The van der Waals surface area contributed by atoms with Crippen LogP contribution in [0.4, 0.5) is 4.39 Å². The van der Waals surface area contributed by atoms with E-state index in [4.69, 9.17) is 5.26 Å². The third kappa shape index (κ3) is 2.39. The van der Waals surface area contributed by atoms with Crippen molar-refractivity contribution >= 4 is 0 Å². The SMILES string of the molecule is Cc1cc(C(O)c2ccc(F)cc2)ccc1C#N. The highest BCUT2D eigenvalue weighted by molar-refractivity contribution is 5.42. The normalized spacial score (nSPS) is 11.9. The Balaban J connectivity index is 2.34. The molecule has 0 radical (unpaired) electrons. The van der Waals surface area contributed by atoms with E-state index in [-0.39, 0.29) is 5.82 Å². The molecule has 0 amide bonds. The molecule has 0 saturated heterocycles. The maximum Gasteiger partial charge on any atom is 0.123 e. The Morgan fingerprint density at radius 3 is 2.28 bits per heavy atom. The standard InChI is InChI=1S/C15H12FNO/c1-10-8-12(2-3-13(10)9-17)15(18)11-4-6-14(16)7-5-11/h2-8,15,18H,1H3. The smallest absolute Gasteiger partial charge is 0.123 e. The molecule has 0 aromatic heterocycles. The van der Waals surface area contributed by atoms with Crippen LogP contribution in [0.5, 0.6) is 0 Å². The molecule has 1 unspecified atom stereocenters. The first-order valence-corrected chi connectivity index (χ1v) is 5.56. The molecule has 0 aliphatic carbocycles. The molecule has 18 heavy (non-hydrogen) atoms. The molecule has 3 heteroatoms. The molecule has 0 saturated carbocycles. The van der Waals surface area contributed by atoms with E-state index in [0.717, 1.165) is 5.56 Å². The molecule has 0 spiro atoms. The van der Waals surface area contributed by atoms with Crippen LogP contribution >= 0.6 is 0 Å². The zero-order valence-electron chi connectivity index (χ0n) is 9.89. The Kier molecular flexibility index (Phi) is 3.40. The van der Waals surface area contributed by atoms with E-state index in [2.05, 4.69) is 6.07 Å². The molecule has 2 rings (SSSR count). The van der Waals surface area contributed by atoms with Gasteiger partial charge in [-0.15, -0.1) is 0 Å². The summed E-state index contributed by atoms with van der Waals surface area (Å²) in [7, 11) is 0. The lowest BCUT2D eigenvalue weighted by atomic mass is 9.98. The van der Waals surface area contributed by atoms with Gasteiger partial charge in [0.1, 0.15) is 11.9 Å². The van der Waals surface area contributed by atoms with Crippen molar-refractivity contribution in [1.82, 2.24) is 0 Å². The number of nitriles is 1. The van der Waals surface area contributed by atoms with Crippen molar-refractivity contribution in [2.45, 2.75) is 13.0 Å². The predicted molar refractivity (Wildman–Crippen MR) is 66.4 cm³/mol. The van der Waals surface area contributed by atoms with Gasteiger partial charge in [0, 0.05) is 0 Å². The number of halogens is 1. The van der Waals surface area contributed by atoms with E-state index in [1.54, 1.807) is 30.3 Å². The number of aliphatic hydroxyl groups is 1. The minimum atomic E-state index is -0.808. The topological polar surface area (TPSA) is 44.0 Å². The summed E-state index contributed by atoms with van der Waals surface area (Å²) < 4.78 is 12.8. The molecular weight excluding hydrogens is 229 g/mol. The Morgan fingerprint density at radius 2 is 1.72 bits per heavy atom. The van der Waals surface area contributed by atoms with Crippen molar-refractivity contribution in [3.63, 3.8) is 0 Å². The Hall–Kier alpha value is -2.18. The molecule has 2 nitrogen and oxygen atoms in total. The molecule has 2 aromatic rings. The highest BCUT2D eigenvalue weighted by Crippen LogP contribution is 2.23. The van der Waals surface area contributed by atoms with E-state index in [9.17, 15) is 9.50 Å². The van der Waals surface area contributed by atoms with Gasteiger partial charge in [-0.05, 0) is 41.8 Å². The number of nitrogens with zero attached hydrogens (tertiary/aromatic N) is 1. The van der Waals surface area contributed by atoms with Crippen LogP contribution < -0.4 is 0 Å². The van der Waals surface area contributed by atoms with Crippen LogP contribution in [0.3, 0.4) is 0 Å². The second kappa shape index (κ2) is 4.99. The molecule has 0 bridgehead atoms. The van der Waals surface area contributed by atoms with Crippen LogP contribution in [0, 0.1) is 24.1 Å². The van der Waals surface area contributed by atoms with Gasteiger partial charge in [0.05, 0.1) is 11.6 Å². The minimum Gasteiger partial charge on any atom is -0.384 e. The van der Waals surface area contributed by atoms with Crippen molar-refractivity contribution in [3.8, 4) is 6.07 Å². The van der Waals surface area contributed by atoms with Crippen molar-refractivity contribution in [2.24, 2.45) is 0 Å². The van der Waals surface area contributed by atoms with E-state index in [1.807, 2.05) is 6.92 Å². The Bertz CT molecular complexity index is 599. The molecule has 2 aromatic carbocycles. The van der Waals surface area contributed by atoms with Gasteiger partial charge in [-0.1, -0.05) is 24.3 Å². The first kappa shape index (κ1) is 12.3. The second-order valence-corrected chi connectivity index (χ2v) is 4.14. The van der Waals surface area contributed by atoms with E-state index >= 15 is 0 Å². The highest BCUT2D eigenvalue weighted by Gasteiger charge is 2.11. The molecule has 0 fully saturated rings. The molecule has 0 aliphatic rings. The van der Waals surface area contributed by atoms with Gasteiger partial charge >= 0.3 is 0 Å². The summed E-state index contributed by atoms with van der Waals surface area (Å²) in [6.07, 6.45) is -0.808. The van der Waals surface area contributed by atoms with E-state index in [1.165, 1.54) is 12.1 Å². The van der Waals surface area contributed by atoms with Gasteiger partial charge < -0.3 is 5.11 Å². The fourth-order valence-corrected chi connectivity index (χ4v) is 1.82. The van der Waals surface area contributed by atoms with Gasteiger partial charge in [-0.2, -0.15) is 5.26 Å². The largest absolute Gasteiger partial charge is 0.384 e. The summed E-state index contributed by atoms with van der Waals surface area (Å²) in [4.78, 5) is 0. The van der Waals surface area contributed by atoms with Crippen LogP contribution in [0.2, 0.25) is 0 Å². The molecule has 1 N–H and O–H groups in total. The number of aryl methyl sites for hydroxylation is 1. The summed E-state index contributed by atoms with van der Waals surface area (Å²) in [5.41, 5.74) is 2.72. The second-order valence-electron chi connectivity index (χ2n) is 4.14. The molecular formula is C15H12FNO. The summed E-state index contributed by atoms with van der Waals surface area (Å²) in [5.74, 6) is -0.332. The van der Waals surface area contributed by atoms with Crippen molar-refractivity contribution in [3.05, 3.63) is 70.5 Å². The van der Waals surface area contributed by atoms with E-state index in [0.29, 0.717) is 16.7 Å². The van der Waals surface area contributed by atoms with Crippen LogP contribution in [0.15, 0.2) is 42.5 Å². The summed E-state index contributed by atoms with van der Waals surface area (Å²) in [5, 5.41) is 19.0. The fraction of sp³-hybridized carbons (Fsp3) is 0.133. The first-order chi connectivity index (χ1) is 8.61. The van der Waals surface area contributed by atoms with Gasteiger partial charge in [-0.3, -0.25) is 0 Å². The van der Waals surface area contributed by atoms with Gasteiger partial charge in [0.25, 0.3) is 0 Å². The third-order valence-electron chi connectivity index (χ3n) is 2.87. The van der Waals surface area contributed by atoms with Crippen LogP contribution in [0.1, 0.15) is 28.4 Å². The monoisotopic (exact) mass is 241 g/mol. The molecule has 1 atom stereocenters. The minimum absolute atomic E-state index is 0.332. The van der Waals surface area contributed by atoms with Crippen LogP contribution in [0.25, 0.3) is 0 Å². The van der Waals surface area contributed by atoms with Gasteiger partial charge in [0.2, 0.25) is 0 Å². The lowest BCUT2D eigenvalue weighted by molar-refractivity contribution is 0.220. The van der Waals surface area contributed by atoms with Gasteiger partial charge in [0.15, 0.2) is 0 Å². The average molecular weight is 241 g/mol. The van der Waals surface area contributed by atoms with Crippen LogP contribution in [-0.2, 0) is 0 Å². The Morgan fingerprint density at radius 1 is 1.11 bits per heavy atom. The van der Waals surface area contributed by atoms with Crippen molar-refractivity contribution in [2.75, 3.05) is 0 Å². The van der Waals surface area contributed by atoms with Crippen molar-refractivity contribution in [1.29, 1.82) is 5.26 Å². The first-order valence-electron chi connectivity index (χ1n) is 5.56. The summed E-state index contributed by atoms with van der Waals surface area (Å²) >= 11 is 0. The average Bonchev–Trinajstić information content (AvgIpc) is 2.38. The van der Waals surface area contributed by atoms with Gasteiger partial charge in [-0.25, -0.2) is 4.39 Å². The maximum absolute atomic E-state index is 12.8. The molecule has 90 valence electrons. The lowest BCUT2D eigenvalue weighted by Crippen LogP contribution is -2.00. The maximum atomic E-state index is 12.8.